The molecule has 4 saturated heterocycles. The fraction of sp³-hybridized carbons (Fsp3) is 0.905. The molecular formula is C84H144O12. The van der Waals surface area contributed by atoms with Gasteiger partial charge in [-0.25, -0.2) is 0 Å². The Morgan fingerprint density at radius 2 is 0.573 bits per heavy atom. The van der Waals surface area contributed by atoms with Gasteiger partial charge in [-0.05, 0) is 161 Å². The molecule has 2 saturated carbocycles. The van der Waals surface area contributed by atoms with Crippen molar-refractivity contribution in [3.8, 4) is 0 Å². The number of epoxide rings is 4. The summed E-state index contributed by atoms with van der Waals surface area (Å²) in [5, 5.41) is 0. The molecule has 7 rings (SSSR count). The van der Waals surface area contributed by atoms with E-state index < -0.39 is 0 Å². The van der Waals surface area contributed by atoms with Crippen LogP contribution in [0.15, 0.2) is 24.3 Å². The van der Waals surface area contributed by atoms with Crippen molar-refractivity contribution in [2.24, 2.45) is 71.0 Å². The van der Waals surface area contributed by atoms with Crippen LogP contribution in [0.4, 0.5) is 0 Å². The van der Waals surface area contributed by atoms with Crippen LogP contribution in [0.25, 0.3) is 0 Å². The van der Waals surface area contributed by atoms with Crippen molar-refractivity contribution >= 4 is 23.9 Å². The van der Waals surface area contributed by atoms with E-state index in [-0.39, 0.29) is 48.3 Å². The Morgan fingerprint density at radius 1 is 0.302 bits per heavy atom. The van der Waals surface area contributed by atoms with Crippen LogP contribution >= 0.6 is 0 Å². The van der Waals surface area contributed by atoms with E-state index in [2.05, 4.69) is 52.0 Å². The average Bonchev–Trinajstić information content (AvgIpc) is 1.55. The molecule has 0 aromatic carbocycles. The third-order valence-corrected chi connectivity index (χ3v) is 23.8. The van der Waals surface area contributed by atoms with Crippen LogP contribution in [0.3, 0.4) is 0 Å². The molecule has 16 unspecified atom stereocenters. The maximum absolute atomic E-state index is 12.8. The van der Waals surface area contributed by atoms with E-state index in [1.54, 1.807) is 0 Å². The van der Waals surface area contributed by atoms with E-state index >= 15 is 0 Å². The summed E-state index contributed by atoms with van der Waals surface area (Å²) in [7, 11) is 0. The van der Waals surface area contributed by atoms with E-state index in [0.29, 0.717) is 126 Å². The van der Waals surface area contributed by atoms with Gasteiger partial charge in [0, 0.05) is 25.7 Å². The Hall–Kier alpha value is -2.80. The lowest BCUT2D eigenvalue weighted by Crippen LogP contribution is -2.60. The normalized spacial score (nSPS) is 28.5. The number of hydrogen-bond donors (Lipinski definition) is 0. The molecule has 0 aromatic rings. The van der Waals surface area contributed by atoms with Gasteiger partial charge in [-0.3, -0.25) is 19.2 Å². The van der Waals surface area contributed by atoms with Crippen molar-refractivity contribution in [3.05, 3.63) is 24.3 Å². The number of rotatable bonds is 61. The highest BCUT2D eigenvalue weighted by Gasteiger charge is 2.61. The fourth-order valence-electron chi connectivity index (χ4n) is 18.5. The molecule has 3 aliphatic carbocycles. The third-order valence-electron chi connectivity index (χ3n) is 23.8. The topological polar surface area (TPSA) is 155 Å². The molecule has 0 spiro atoms. The van der Waals surface area contributed by atoms with E-state index in [1.807, 2.05) is 0 Å². The minimum atomic E-state index is -0.0730. The highest BCUT2D eigenvalue weighted by atomic mass is 16.6. The summed E-state index contributed by atoms with van der Waals surface area (Å²) < 4.78 is 43.5. The van der Waals surface area contributed by atoms with E-state index in [1.165, 1.54) is 231 Å². The molecule has 4 heterocycles. The Morgan fingerprint density at radius 3 is 0.906 bits per heavy atom. The third kappa shape index (κ3) is 32.0. The first kappa shape index (κ1) is 80.5. The summed E-state index contributed by atoms with van der Waals surface area (Å²) in [5.74, 6) is 7.98. The summed E-state index contributed by atoms with van der Waals surface area (Å²) in [6.07, 6.45) is 67.7. The Bertz CT molecular complexity index is 2110. The van der Waals surface area contributed by atoms with Gasteiger partial charge in [-0.2, -0.15) is 0 Å². The Balaban J connectivity index is 1.23. The molecule has 0 aromatic heterocycles. The molecule has 0 radical (unpaired) electrons. The maximum Gasteiger partial charge on any atom is 0.305 e. The van der Waals surface area contributed by atoms with Crippen LogP contribution in [0.1, 0.15) is 336 Å². The van der Waals surface area contributed by atoms with Crippen molar-refractivity contribution in [1.29, 1.82) is 0 Å². The van der Waals surface area contributed by atoms with Gasteiger partial charge in [-0.1, -0.05) is 245 Å². The highest BCUT2D eigenvalue weighted by molar-refractivity contribution is 5.70. The molecule has 0 amide bonds. The van der Waals surface area contributed by atoms with Crippen LogP contribution in [0.2, 0.25) is 0 Å². The first-order valence-corrected chi connectivity index (χ1v) is 41.6. The zero-order valence-corrected chi connectivity index (χ0v) is 62.0. The van der Waals surface area contributed by atoms with Gasteiger partial charge in [-0.15, -0.1) is 0 Å². The lowest BCUT2D eigenvalue weighted by molar-refractivity contribution is -0.168. The molecule has 12 heteroatoms. The number of carbonyl (C=O) groups is 4. The Kier molecular flexibility index (Phi) is 41.0. The molecule has 4 aliphatic heterocycles. The predicted octanol–water partition coefficient (Wildman–Crippen LogP) is 21.1. The number of unbranched alkanes of at least 4 members (excludes halogenated alkanes) is 28. The lowest BCUT2D eigenvalue weighted by Gasteiger charge is -2.66. The van der Waals surface area contributed by atoms with E-state index in [4.69, 9.17) is 37.9 Å². The monoisotopic (exact) mass is 1350 g/mol. The average molecular weight is 1350 g/mol. The maximum atomic E-state index is 12.8. The van der Waals surface area contributed by atoms with Crippen molar-refractivity contribution in [3.63, 3.8) is 0 Å². The van der Waals surface area contributed by atoms with Gasteiger partial charge in [0.1, 0.15) is 50.8 Å². The number of fused-ring (bicyclic) bond motifs is 2. The van der Waals surface area contributed by atoms with Crippen LogP contribution < -0.4 is 0 Å². The minimum Gasteiger partial charge on any atom is -0.463 e. The lowest BCUT2D eigenvalue weighted by atomic mass is 9.39. The van der Waals surface area contributed by atoms with Gasteiger partial charge in [0.2, 0.25) is 0 Å². The second kappa shape index (κ2) is 48.9. The summed E-state index contributed by atoms with van der Waals surface area (Å²) in [4.78, 5) is 50.9. The van der Waals surface area contributed by atoms with Crippen molar-refractivity contribution in [2.45, 2.75) is 360 Å². The molecule has 552 valence electrons. The second-order valence-electron chi connectivity index (χ2n) is 31.5. The van der Waals surface area contributed by atoms with Crippen LogP contribution in [-0.2, 0) is 57.1 Å². The van der Waals surface area contributed by atoms with Crippen molar-refractivity contribution in [1.82, 2.24) is 0 Å². The predicted molar refractivity (Wildman–Crippen MR) is 387 cm³/mol. The number of ether oxygens (including phenoxy) is 8. The first-order valence-electron chi connectivity index (χ1n) is 41.6. The summed E-state index contributed by atoms with van der Waals surface area (Å²) in [5.41, 5.74) is 0. The highest BCUT2D eigenvalue weighted by Crippen LogP contribution is 2.67. The van der Waals surface area contributed by atoms with Gasteiger partial charge < -0.3 is 37.9 Å². The van der Waals surface area contributed by atoms with E-state index in [0.717, 1.165) is 75.0 Å². The van der Waals surface area contributed by atoms with E-state index in [9.17, 15) is 19.2 Å². The molecule has 96 heavy (non-hydrogen) atoms. The Labute approximate surface area is 586 Å². The van der Waals surface area contributed by atoms with Crippen LogP contribution in [0.5, 0.6) is 0 Å². The van der Waals surface area contributed by atoms with Crippen molar-refractivity contribution < 1.29 is 57.1 Å². The molecule has 6 fully saturated rings. The molecule has 0 bridgehead atoms. The van der Waals surface area contributed by atoms with Gasteiger partial charge in [0.15, 0.2) is 0 Å². The first-order chi connectivity index (χ1) is 47.2. The number of esters is 4. The largest absolute Gasteiger partial charge is 0.463 e. The zero-order chi connectivity index (χ0) is 67.6. The van der Waals surface area contributed by atoms with Crippen LogP contribution in [-0.4, -0.2) is 101 Å². The summed E-state index contributed by atoms with van der Waals surface area (Å²) >= 11 is 0. The molecular weight excluding hydrogens is 1200 g/mol. The SMILES string of the molecule is CCCCCC=CCC1C(CCCCCCCC(=O)OCC2CO2)C(CCCCCCCC(=O)OCC2CO2)C2C(CCCCCCCC(=O)OCC3CO3)C3C(CCCCCCCC(=O)OCC4CO4)C=CC(CCCCCC)C3C(CCCCCC)C2C1CCCCCC. The zero-order valence-electron chi connectivity index (χ0n) is 62.0. The minimum absolute atomic E-state index is 0.0705. The molecule has 0 N–H and O–H groups in total. The fourth-order valence-corrected chi connectivity index (χ4v) is 18.5. The van der Waals surface area contributed by atoms with Crippen molar-refractivity contribution in [2.75, 3.05) is 52.9 Å². The van der Waals surface area contributed by atoms with Gasteiger partial charge in [0.05, 0.1) is 26.4 Å². The second-order valence-corrected chi connectivity index (χ2v) is 31.5. The summed E-state index contributed by atoms with van der Waals surface area (Å²) in [6.45, 7) is 14.0. The molecule has 16 atom stereocenters. The number of hydrogen-bond acceptors (Lipinski definition) is 12. The summed E-state index contributed by atoms with van der Waals surface area (Å²) in [6, 6.07) is 0. The van der Waals surface area contributed by atoms with Gasteiger partial charge in [0.25, 0.3) is 0 Å². The van der Waals surface area contributed by atoms with Gasteiger partial charge >= 0.3 is 23.9 Å². The van der Waals surface area contributed by atoms with Crippen LogP contribution in [0, 0.1) is 71.0 Å². The smallest absolute Gasteiger partial charge is 0.305 e. The number of carbonyl (C=O) groups excluding carboxylic acids is 4. The standard InChI is InChI=1S/C84H144O12/c1-5-9-13-17-23-35-45-71-72(46-36-24-19-28-40-52-78(86)94-62-68-58-90-68)74(48-37-25-20-29-41-53-79(87)95-63-69-59-91-69)84-76(50-38-26-21-30-42-54-80(88)96-64-70-60-92-70)82-66(44-32-22-18-27-39-51-77(85)93-61-67-57-89-67)56-55-65(43-31-14-10-6-2)81(82)75(49-34-16-12-8-4)83(84)73(71)47-33-15-11-7-3/h23,35,55-56,65-76,81-84H,5-22,24-34,36-54,57-64H2,1-4H3. The quantitative estimate of drug-likeness (QED) is 0.0187. The molecule has 12 nitrogen and oxygen atoms in total. The number of allylic oxidation sites excluding steroid dienone is 4. The molecule has 7 aliphatic rings.